The number of nitrogens with zero attached hydrogens (tertiary/aromatic N) is 5. The predicted octanol–water partition coefficient (Wildman–Crippen LogP) is 1.57. The molecule has 1 unspecified atom stereocenters. The van der Waals surface area contributed by atoms with Crippen molar-refractivity contribution in [1.29, 1.82) is 0 Å². The molecule has 2 aromatic heterocycles. The number of rotatable bonds is 7. The lowest BCUT2D eigenvalue weighted by Gasteiger charge is -2.15. The van der Waals surface area contributed by atoms with Crippen LogP contribution in [0.2, 0.25) is 0 Å². The van der Waals surface area contributed by atoms with Gasteiger partial charge in [-0.05, 0) is 31.9 Å². The highest BCUT2D eigenvalue weighted by atomic mass is 16.5. The van der Waals surface area contributed by atoms with Crippen LogP contribution in [-0.4, -0.2) is 64.5 Å². The number of methoxy groups -OCH3 is 1. The Hall–Kier alpha value is -1.99. The SMILES string of the molecule is COCCN1CCC(CNc2nccc(-c3cn(C)nc3C)n2)C1. The number of aromatic nitrogens is 4. The number of ether oxygens (including phenoxy) is 1. The molecule has 1 aliphatic heterocycles. The second-order valence-electron chi connectivity index (χ2n) is 6.40. The highest BCUT2D eigenvalue weighted by molar-refractivity contribution is 5.61. The third kappa shape index (κ3) is 4.10. The Labute approximate surface area is 143 Å². The molecule has 0 amide bonds. The number of nitrogens with one attached hydrogen (secondary N) is 1. The molecule has 1 atom stereocenters. The second-order valence-corrected chi connectivity index (χ2v) is 6.40. The zero-order chi connectivity index (χ0) is 16.9. The molecular formula is C17H26N6O. The van der Waals surface area contributed by atoms with Gasteiger partial charge in [0.1, 0.15) is 0 Å². The molecule has 3 heterocycles. The van der Waals surface area contributed by atoms with Crippen LogP contribution in [0.4, 0.5) is 5.95 Å². The quantitative estimate of drug-likeness (QED) is 0.831. The Morgan fingerprint density at radius 3 is 3.04 bits per heavy atom. The predicted molar refractivity (Wildman–Crippen MR) is 93.9 cm³/mol. The molecule has 2 aromatic rings. The Bertz CT molecular complexity index is 671. The van der Waals surface area contributed by atoms with Gasteiger partial charge in [0.15, 0.2) is 0 Å². The van der Waals surface area contributed by atoms with Crippen molar-refractivity contribution >= 4 is 5.95 Å². The van der Waals surface area contributed by atoms with E-state index in [9.17, 15) is 0 Å². The van der Waals surface area contributed by atoms with E-state index in [0.29, 0.717) is 11.9 Å². The molecule has 1 fully saturated rings. The van der Waals surface area contributed by atoms with Gasteiger partial charge in [-0.15, -0.1) is 0 Å². The first-order valence-corrected chi connectivity index (χ1v) is 8.44. The van der Waals surface area contributed by atoms with Crippen molar-refractivity contribution < 1.29 is 4.74 Å². The Morgan fingerprint density at radius 2 is 2.29 bits per heavy atom. The molecule has 1 N–H and O–H groups in total. The molecule has 0 aromatic carbocycles. The molecule has 130 valence electrons. The van der Waals surface area contributed by atoms with Crippen LogP contribution >= 0.6 is 0 Å². The van der Waals surface area contributed by atoms with Crippen molar-refractivity contribution in [3.05, 3.63) is 24.2 Å². The van der Waals surface area contributed by atoms with E-state index < -0.39 is 0 Å². The average molecular weight is 330 g/mol. The largest absolute Gasteiger partial charge is 0.383 e. The maximum atomic E-state index is 5.15. The summed E-state index contributed by atoms with van der Waals surface area (Å²) in [5.74, 6) is 1.32. The van der Waals surface area contributed by atoms with Crippen LogP contribution in [0, 0.1) is 12.8 Å². The lowest BCUT2D eigenvalue weighted by Crippen LogP contribution is -2.26. The van der Waals surface area contributed by atoms with Gasteiger partial charge in [0.2, 0.25) is 5.95 Å². The van der Waals surface area contributed by atoms with Crippen LogP contribution in [0.5, 0.6) is 0 Å². The van der Waals surface area contributed by atoms with E-state index in [2.05, 4.69) is 25.3 Å². The van der Waals surface area contributed by atoms with Crippen LogP contribution in [-0.2, 0) is 11.8 Å². The van der Waals surface area contributed by atoms with Gasteiger partial charge in [-0.2, -0.15) is 5.10 Å². The van der Waals surface area contributed by atoms with Crippen molar-refractivity contribution in [3.63, 3.8) is 0 Å². The first-order valence-electron chi connectivity index (χ1n) is 8.44. The minimum Gasteiger partial charge on any atom is -0.383 e. The molecule has 7 heteroatoms. The van der Waals surface area contributed by atoms with Crippen LogP contribution in [0.3, 0.4) is 0 Å². The zero-order valence-electron chi connectivity index (χ0n) is 14.7. The summed E-state index contributed by atoms with van der Waals surface area (Å²) < 4.78 is 6.96. The van der Waals surface area contributed by atoms with Crippen LogP contribution in [0.25, 0.3) is 11.3 Å². The first kappa shape index (κ1) is 16.9. The summed E-state index contributed by atoms with van der Waals surface area (Å²) >= 11 is 0. The lowest BCUT2D eigenvalue weighted by atomic mass is 10.1. The summed E-state index contributed by atoms with van der Waals surface area (Å²) in [6.07, 6.45) is 5.00. The van der Waals surface area contributed by atoms with Gasteiger partial charge in [0.25, 0.3) is 0 Å². The molecule has 7 nitrogen and oxygen atoms in total. The van der Waals surface area contributed by atoms with E-state index in [1.165, 1.54) is 6.42 Å². The fourth-order valence-electron chi connectivity index (χ4n) is 3.18. The topological polar surface area (TPSA) is 68.1 Å². The van der Waals surface area contributed by atoms with Gasteiger partial charge in [-0.3, -0.25) is 4.68 Å². The fraction of sp³-hybridized carbons (Fsp3) is 0.588. The molecule has 1 saturated heterocycles. The van der Waals surface area contributed by atoms with Crippen LogP contribution in [0.15, 0.2) is 18.5 Å². The van der Waals surface area contributed by atoms with Crippen LogP contribution in [0.1, 0.15) is 12.1 Å². The van der Waals surface area contributed by atoms with E-state index in [1.807, 2.05) is 30.9 Å². The molecule has 0 radical (unpaired) electrons. The minimum atomic E-state index is 0.634. The van der Waals surface area contributed by atoms with Gasteiger partial charge < -0.3 is 15.0 Å². The smallest absolute Gasteiger partial charge is 0.223 e. The van der Waals surface area contributed by atoms with Crippen molar-refractivity contribution in [2.75, 3.05) is 45.2 Å². The minimum absolute atomic E-state index is 0.634. The summed E-state index contributed by atoms with van der Waals surface area (Å²) in [5.41, 5.74) is 2.94. The summed E-state index contributed by atoms with van der Waals surface area (Å²) in [6, 6.07) is 1.93. The summed E-state index contributed by atoms with van der Waals surface area (Å²) in [6.45, 7) is 6.97. The van der Waals surface area contributed by atoms with Gasteiger partial charge in [-0.25, -0.2) is 9.97 Å². The van der Waals surface area contributed by atoms with E-state index in [1.54, 1.807) is 13.3 Å². The number of hydrogen-bond donors (Lipinski definition) is 1. The second kappa shape index (κ2) is 7.72. The standard InChI is InChI=1S/C17H26N6O/c1-13-15(12-22(2)21-13)16-4-6-18-17(20-16)19-10-14-5-7-23(11-14)8-9-24-3/h4,6,12,14H,5,7-11H2,1-3H3,(H,18,19,20). The van der Waals surface area contributed by atoms with Gasteiger partial charge in [0.05, 0.1) is 18.0 Å². The van der Waals surface area contributed by atoms with E-state index >= 15 is 0 Å². The van der Waals surface area contributed by atoms with Gasteiger partial charge >= 0.3 is 0 Å². The van der Waals surface area contributed by atoms with Crippen molar-refractivity contribution in [2.45, 2.75) is 13.3 Å². The van der Waals surface area contributed by atoms with Crippen molar-refractivity contribution in [2.24, 2.45) is 13.0 Å². The first-order chi connectivity index (χ1) is 11.7. The average Bonchev–Trinajstić information content (AvgIpc) is 3.17. The molecule has 24 heavy (non-hydrogen) atoms. The van der Waals surface area contributed by atoms with Gasteiger partial charge in [0, 0.05) is 51.7 Å². The van der Waals surface area contributed by atoms with E-state index in [-0.39, 0.29) is 0 Å². The molecule has 0 saturated carbocycles. The van der Waals surface area contributed by atoms with Gasteiger partial charge in [-0.1, -0.05) is 0 Å². The number of likely N-dealkylation sites (tertiary alicyclic amines) is 1. The Balaban J connectivity index is 1.57. The normalized spacial score (nSPS) is 18.2. The third-order valence-electron chi connectivity index (χ3n) is 4.48. The highest BCUT2D eigenvalue weighted by Gasteiger charge is 2.22. The molecule has 0 spiro atoms. The zero-order valence-corrected chi connectivity index (χ0v) is 14.7. The number of aryl methyl sites for hydroxylation is 2. The van der Waals surface area contributed by atoms with E-state index in [4.69, 9.17) is 4.74 Å². The molecular weight excluding hydrogens is 304 g/mol. The third-order valence-corrected chi connectivity index (χ3v) is 4.48. The summed E-state index contributed by atoms with van der Waals surface area (Å²) in [4.78, 5) is 11.4. The van der Waals surface area contributed by atoms with E-state index in [0.717, 1.165) is 49.7 Å². The maximum absolute atomic E-state index is 5.15. The number of hydrogen-bond acceptors (Lipinski definition) is 6. The monoisotopic (exact) mass is 330 g/mol. The molecule has 1 aliphatic rings. The number of anilines is 1. The molecule has 0 aliphatic carbocycles. The molecule has 0 bridgehead atoms. The highest BCUT2D eigenvalue weighted by Crippen LogP contribution is 2.21. The van der Waals surface area contributed by atoms with Crippen molar-refractivity contribution in [1.82, 2.24) is 24.6 Å². The molecule has 3 rings (SSSR count). The fourth-order valence-corrected chi connectivity index (χ4v) is 3.18. The summed E-state index contributed by atoms with van der Waals surface area (Å²) in [5, 5.41) is 7.77. The Kier molecular flexibility index (Phi) is 5.42. The van der Waals surface area contributed by atoms with Crippen LogP contribution < -0.4 is 5.32 Å². The Morgan fingerprint density at radius 1 is 1.42 bits per heavy atom. The lowest BCUT2D eigenvalue weighted by molar-refractivity contribution is 0.159. The van der Waals surface area contributed by atoms with Crippen molar-refractivity contribution in [3.8, 4) is 11.3 Å². The maximum Gasteiger partial charge on any atom is 0.223 e. The summed E-state index contributed by atoms with van der Waals surface area (Å²) in [7, 11) is 3.68.